The fourth-order valence-corrected chi connectivity index (χ4v) is 2.62. The third-order valence-corrected chi connectivity index (χ3v) is 4.21. The maximum atomic E-state index is 5.70. The molecule has 0 saturated heterocycles. The van der Waals surface area contributed by atoms with Crippen molar-refractivity contribution in [1.82, 2.24) is 10.6 Å². The molecule has 140 valence electrons. The quantitative estimate of drug-likeness (QED) is 0.428. The van der Waals surface area contributed by atoms with Crippen molar-refractivity contribution < 1.29 is 14.2 Å². The van der Waals surface area contributed by atoms with Gasteiger partial charge in [-0.3, -0.25) is 4.99 Å². The minimum Gasteiger partial charge on any atom is -0.486 e. The molecule has 25 heavy (non-hydrogen) atoms. The molecule has 2 rings (SSSR count). The van der Waals surface area contributed by atoms with Crippen LogP contribution in [0.3, 0.4) is 0 Å². The summed E-state index contributed by atoms with van der Waals surface area (Å²) in [6.45, 7) is 10.8. The van der Waals surface area contributed by atoms with Crippen LogP contribution in [0, 0.1) is 0 Å². The van der Waals surface area contributed by atoms with Crippen molar-refractivity contribution in [2.24, 2.45) is 4.99 Å². The molecule has 6 nitrogen and oxygen atoms in total. The van der Waals surface area contributed by atoms with E-state index in [9.17, 15) is 0 Å². The Morgan fingerprint density at radius 3 is 2.68 bits per heavy atom. The van der Waals surface area contributed by atoms with Gasteiger partial charge in [-0.1, -0.05) is 19.9 Å². The highest BCUT2D eigenvalue weighted by atomic mass is 16.6. The van der Waals surface area contributed by atoms with Crippen LogP contribution in [0.1, 0.15) is 32.8 Å². The van der Waals surface area contributed by atoms with Gasteiger partial charge in [0.25, 0.3) is 0 Å². The highest BCUT2D eigenvalue weighted by molar-refractivity contribution is 5.79. The molecule has 0 saturated carbocycles. The average Bonchev–Trinajstić information content (AvgIpc) is 2.63. The van der Waals surface area contributed by atoms with E-state index in [0.717, 1.165) is 50.2 Å². The molecule has 0 aromatic heterocycles. The lowest BCUT2D eigenvalue weighted by atomic mass is 9.84. The standard InChI is InChI=1S/C19H31N3O3/c1-5-23-10-6-9-21-18(20-4)22-14-19(2,3)15-7-8-16-17(13-15)25-12-11-24-16/h7-8,13H,5-6,9-12,14H2,1-4H3,(H2,20,21,22). The second kappa shape index (κ2) is 9.51. The summed E-state index contributed by atoms with van der Waals surface area (Å²) in [4.78, 5) is 4.28. The van der Waals surface area contributed by atoms with Crippen molar-refractivity contribution in [3.05, 3.63) is 23.8 Å². The molecule has 0 fully saturated rings. The highest BCUT2D eigenvalue weighted by Gasteiger charge is 2.23. The maximum Gasteiger partial charge on any atom is 0.191 e. The van der Waals surface area contributed by atoms with Gasteiger partial charge in [0.1, 0.15) is 13.2 Å². The monoisotopic (exact) mass is 349 g/mol. The minimum absolute atomic E-state index is 0.0707. The second-order valence-corrected chi connectivity index (χ2v) is 6.65. The normalized spacial score (nSPS) is 14.3. The number of nitrogens with one attached hydrogen (secondary N) is 2. The molecule has 1 aliphatic heterocycles. The molecule has 0 radical (unpaired) electrons. The zero-order valence-electron chi connectivity index (χ0n) is 15.9. The molecular formula is C19H31N3O3. The smallest absolute Gasteiger partial charge is 0.191 e. The van der Waals surface area contributed by atoms with Gasteiger partial charge in [-0.15, -0.1) is 0 Å². The van der Waals surface area contributed by atoms with Crippen LogP contribution >= 0.6 is 0 Å². The maximum absolute atomic E-state index is 5.70. The summed E-state index contributed by atoms with van der Waals surface area (Å²) in [5.41, 5.74) is 1.13. The van der Waals surface area contributed by atoms with E-state index in [1.807, 2.05) is 13.0 Å². The van der Waals surface area contributed by atoms with Crippen molar-refractivity contribution in [3.63, 3.8) is 0 Å². The molecule has 0 unspecified atom stereocenters. The number of nitrogens with zero attached hydrogens (tertiary/aromatic N) is 1. The van der Waals surface area contributed by atoms with E-state index in [0.29, 0.717) is 13.2 Å². The second-order valence-electron chi connectivity index (χ2n) is 6.65. The number of aliphatic imine (C=N–C) groups is 1. The Hall–Kier alpha value is -1.95. The van der Waals surface area contributed by atoms with Gasteiger partial charge >= 0.3 is 0 Å². The fourth-order valence-electron chi connectivity index (χ4n) is 2.62. The van der Waals surface area contributed by atoms with Crippen molar-refractivity contribution >= 4 is 5.96 Å². The van der Waals surface area contributed by atoms with Crippen molar-refractivity contribution in [2.75, 3.05) is 46.6 Å². The molecule has 1 aliphatic rings. The lowest BCUT2D eigenvalue weighted by molar-refractivity contribution is 0.145. The first-order valence-electron chi connectivity index (χ1n) is 8.99. The first-order valence-corrected chi connectivity index (χ1v) is 8.99. The van der Waals surface area contributed by atoms with Crippen LogP contribution in [0.4, 0.5) is 0 Å². The molecule has 0 spiro atoms. The number of fused-ring (bicyclic) bond motifs is 1. The Morgan fingerprint density at radius 2 is 1.96 bits per heavy atom. The summed E-state index contributed by atoms with van der Waals surface area (Å²) in [7, 11) is 1.79. The van der Waals surface area contributed by atoms with Crippen LogP contribution in [0.15, 0.2) is 23.2 Å². The van der Waals surface area contributed by atoms with Crippen LogP contribution in [-0.4, -0.2) is 52.5 Å². The van der Waals surface area contributed by atoms with Gasteiger partial charge in [0.15, 0.2) is 17.5 Å². The van der Waals surface area contributed by atoms with Crippen LogP contribution in [0.2, 0.25) is 0 Å². The summed E-state index contributed by atoms with van der Waals surface area (Å²) >= 11 is 0. The number of ether oxygens (including phenoxy) is 3. The van der Waals surface area contributed by atoms with Gasteiger partial charge in [-0.05, 0) is 31.0 Å². The van der Waals surface area contributed by atoms with Gasteiger partial charge in [0, 0.05) is 38.8 Å². The summed E-state index contributed by atoms with van der Waals surface area (Å²) in [6, 6.07) is 6.17. The third kappa shape index (κ3) is 5.81. The van der Waals surface area contributed by atoms with E-state index < -0.39 is 0 Å². The molecule has 1 aromatic carbocycles. The highest BCUT2D eigenvalue weighted by Crippen LogP contribution is 2.34. The van der Waals surface area contributed by atoms with Crippen molar-refractivity contribution in [2.45, 2.75) is 32.6 Å². The Morgan fingerprint density at radius 1 is 1.20 bits per heavy atom. The number of guanidine groups is 1. The molecule has 2 N–H and O–H groups in total. The van der Waals surface area contributed by atoms with Gasteiger partial charge in [-0.2, -0.15) is 0 Å². The molecule has 6 heteroatoms. The van der Waals surface area contributed by atoms with E-state index >= 15 is 0 Å². The summed E-state index contributed by atoms with van der Waals surface area (Å²) in [5, 5.41) is 6.72. The van der Waals surface area contributed by atoms with Crippen LogP contribution < -0.4 is 20.1 Å². The number of benzene rings is 1. The van der Waals surface area contributed by atoms with Gasteiger partial charge in [0.2, 0.25) is 0 Å². The van der Waals surface area contributed by atoms with Crippen LogP contribution in [-0.2, 0) is 10.2 Å². The molecule has 0 amide bonds. The summed E-state index contributed by atoms with van der Waals surface area (Å²) in [5.74, 6) is 2.46. The van der Waals surface area contributed by atoms with Gasteiger partial charge < -0.3 is 24.8 Å². The average molecular weight is 349 g/mol. The Kier molecular flexibility index (Phi) is 7.37. The number of rotatable bonds is 8. The molecule has 1 aromatic rings. The van der Waals surface area contributed by atoms with Crippen molar-refractivity contribution in [3.8, 4) is 11.5 Å². The van der Waals surface area contributed by atoms with Gasteiger partial charge in [-0.25, -0.2) is 0 Å². The zero-order valence-corrected chi connectivity index (χ0v) is 15.9. The molecule has 0 aliphatic carbocycles. The Bertz CT molecular complexity index is 573. The van der Waals surface area contributed by atoms with Crippen LogP contribution in [0.25, 0.3) is 0 Å². The minimum atomic E-state index is -0.0707. The fraction of sp³-hybridized carbons (Fsp3) is 0.632. The summed E-state index contributed by atoms with van der Waals surface area (Å²) in [6.07, 6.45) is 0.958. The van der Waals surface area contributed by atoms with E-state index in [2.05, 4.69) is 41.6 Å². The van der Waals surface area contributed by atoms with Gasteiger partial charge in [0.05, 0.1) is 0 Å². The van der Waals surface area contributed by atoms with E-state index in [-0.39, 0.29) is 5.41 Å². The Labute approximate surface area is 151 Å². The van der Waals surface area contributed by atoms with E-state index in [1.54, 1.807) is 7.05 Å². The largest absolute Gasteiger partial charge is 0.486 e. The van der Waals surface area contributed by atoms with Crippen LogP contribution in [0.5, 0.6) is 11.5 Å². The zero-order chi connectivity index (χ0) is 18.1. The number of hydrogen-bond donors (Lipinski definition) is 2. The molecule has 1 heterocycles. The first-order chi connectivity index (χ1) is 12.1. The molecule has 0 atom stereocenters. The van der Waals surface area contributed by atoms with E-state index in [4.69, 9.17) is 14.2 Å². The molecule has 0 bridgehead atoms. The Balaban J connectivity index is 1.87. The summed E-state index contributed by atoms with van der Waals surface area (Å²) < 4.78 is 16.6. The lowest BCUT2D eigenvalue weighted by Crippen LogP contribution is -2.43. The topological polar surface area (TPSA) is 64.1 Å². The SMILES string of the molecule is CCOCCCNC(=NC)NCC(C)(C)c1ccc2c(c1)OCCO2. The lowest BCUT2D eigenvalue weighted by Gasteiger charge is -2.28. The first kappa shape index (κ1) is 19.4. The predicted octanol–water partition coefficient (Wildman–Crippen LogP) is 2.33. The molecular weight excluding hydrogens is 318 g/mol. The predicted molar refractivity (Wildman–Crippen MR) is 101 cm³/mol. The van der Waals surface area contributed by atoms with Crippen molar-refractivity contribution in [1.29, 1.82) is 0 Å². The number of hydrogen-bond acceptors (Lipinski definition) is 4. The third-order valence-electron chi connectivity index (χ3n) is 4.21. The van der Waals surface area contributed by atoms with E-state index in [1.165, 1.54) is 5.56 Å².